The van der Waals surface area contributed by atoms with Gasteiger partial charge < -0.3 is 4.74 Å². The van der Waals surface area contributed by atoms with E-state index in [0.29, 0.717) is 22.0 Å². The minimum absolute atomic E-state index is 0.0197. The molecule has 1 aliphatic rings. The summed E-state index contributed by atoms with van der Waals surface area (Å²) in [4.78, 5) is 14.0. The van der Waals surface area contributed by atoms with Crippen LogP contribution in [0.3, 0.4) is 0 Å². The zero-order valence-corrected chi connectivity index (χ0v) is 16.9. The summed E-state index contributed by atoms with van der Waals surface area (Å²) in [6.07, 6.45) is 0. The monoisotopic (exact) mass is 390 g/mol. The first-order valence-electron chi connectivity index (χ1n) is 8.61. The molecule has 1 fully saturated rings. The first kappa shape index (κ1) is 19.3. The van der Waals surface area contributed by atoms with Crippen molar-refractivity contribution in [2.75, 3.05) is 13.2 Å². The van der Waals surface area contributed by atoms with E-state index in [1.165, 1.54) is 11.3 Å². The first-order chi connectivity index (χ1) is 12.2. The Balaban J connectivity index is 1.99. The number of hydroxylamine groups is 3. The van der Waals surface area contributed by atoms with Gasteiger partial charge in [-0.25, -0.2) is 5.21 Å². The maximum absolute atomic E-state index is 12.9. The van der Waals surface area contributed by atoms with Crippen LogP contribution in [0.25, 0.3) is 0 Å². The molecule has 0 bridgehead atoms. The van der Waals surface area contributed by atoms with E-state index < -0.39 is 0 Å². The largest absolute Gasteiger partial charge is 0.364 e. The lowest BCUT2D eigenvalue weighted by molar-refractivity contribution is -1.07. The van der Waals surface area contributed by atoms with Crippen LogP contribution in [0.2, 0.25) is 0 Å². The molecule has 2 atom stereocenters. The minimum Gasteiger partial charge on any atom is -0.364 e. The summed E-state index contributed by atoms with van der Waals surface area (Å²) in [7, 11) is 0. The van der Waals surface area contributed by atoms with Crippen molar-refractivity contribution < 1.29 is 19.4 Å². The quantitative estimate of drug-likeness (QED) is 0.476. The summed E-state index contributed by atoms with van der Waals surface area (Å²) >= 11 is 6.91. The van der Waals surface area contributed by atoms with Crippen LogP contribution in [0.1, 0.15) is 41.6 Å². The number of morpholine rings is 1. The number of ketones is 1. The van der Waals surface area contributed by atoms with Crippen LogP contribution in [-0.2, 0) is 11.3 Å². The predicted molar refractivity (Wildman–Crippen MR) is 107 cm³/mol. The molecule has 0 aliphatic carbocycles. The summed E-state index contributed by atoms with van der Waals surface area (Å²) in [5.41, 5.74) is 1.21. The average molecular weight is 391 g/mol. The Kier molecular flexibility index (Phi) is 5.42. The maximum atomic E-state index is 12.9. The summed E-state index contributed by atoms with van der Waals surface area (Å²) < 4.78 is 5.24. The molecule has 0 amide bonds. The van der Waals surface area contributed by atoms with Crippen LogP contribution in [-0.4, -0.2) is 39.9 Å². The molecule has 0 spiro atoms. The molecule has 1 aromatic carbocycles. The normalized spacial score (nSPS) is 23.8. The van der Waals surface area contributed by atoms with Crippen molar-refractivity contribution in [2.24, 2.45) is 5.41 Å². The second-order valence-corrected chi connectivity index (χ2v) is 9.16. The third-order valence-electron chi connectivity index (χ3n) is 4.87. The van der Waals surface area contributed by atoms with Crippen LogP contribution in [0, 0.1) is 5.41 Å². The number of ether oxygens (including phenoxy) is 1. The highest BCUT2D eigenvalue weighted by molar-refractivity contribution is 7.80. The molecule has 26 heavy (non-hydrogen) atoms. The van der Waals surface area contributed by atoms with Gasteiger partial charge in [0.05, 0.1) is 4.88 Å². The van der Waals surface area contributed by atoms with E-state index in [1.54, 1.807) is 0 Å². The molecule has 2 heterocycles. The SMILES string of the molecule is CC(C)(C)C1COCC(=S)[N+]1(O)Cc1ccccc1C(=O)c1cccs1. The fourth-order valence-corrected chi connectivity index (χ4v) is 4.39. The Morgan fingerprint density at radius 2 is 2.04 bits per heavy atom. The zero-order chi connectivity index (χ0) is 18.9. The fourth-order valence-electron chi connectivity index (χ4n) is 3.44. The molecule has 1 aromatic heterocycles. The summed E-state index contributed by atoms with van der Waals surface area (Å²) in [5, 5.41) is 13.4. The van der Waals surface area contributed by atoms with Gasteiger partial charge in [0.2, 0.25) is 10.8 Å². The van der Waals surface area contributed by atoms with Gasteiger partial charge >= 0.3 is 0 Å². The van der Waals surface area contributed by atoms with Crippen LogP contribution >= 0.6 is 23.6 Å². The number of carbonyl (C=O) groups excluding carboxylic acids is 1. The molecule has 4 nitrogen and oxygen atoms in total. The zero-order valence-electron chi connectivity index (χ0n) is 15.3. The summed E-state index contributed by atoms with van der Waals surface area (Å²) in [5.74, 6) is -0.0197. The summed E-state index contributed by atoms with van der Waals surface area (Å²) in [6, 6.07) is 11.0. The minimum atomic E-state index is -0.367. The maximum Gasteiger partial charge on any atom is 0.233 e. The van der Waals surface area contributed by atoms with E-state index in [1.807, 2.05) is 41.8 Å². The molecule has 1 saturated heterocycles. The predicted octanol–water partition coefficient (Wildman–Crippen LogP) is 4.46. The van der Waals surface area contributed by atoms with Crippen molar-refractivity contribution in [2.45, 2.75) is 33.4 Å². The van der Waals surface area contributed by atoms with E-state index in [0.717, 1.165) is 5.56 Å². The van der Waals surface area contributed by atoms with Gasteiger partial charge in [0, 0.05) is 16.5 Å². The molecule has 2 unspecified atom stereocenters. The molecule has 6 heteroatoms. The van der Waals surface area contributed by atoms with Crippen molar-refractivity contribution in [3.05, 3.63) is 57.8 Å². The number of rotatable bonds is 4. The van der Waals surface area contributed by atoms with Gasteiger partial charge in [-0.3, -0.25) is 4.79 Å². The second-order valence-electron chi connectivity index (χ2n) is 7.74. The number of carbonyl (C=O) groups is 1. The van der Waals surface area contributed by atoms with Crippen molar-refractivity contribution in [1.29, 1.82) is 0 Å². The highest BCUT2D eigenvalue weighted by Gasteiger charge is 2.51. The second kappa shape index (κ2) is 7.29. The smallest absolute Gasteiger partial charge is 0.233 e. The first-order valence-corrected chi connectivity index (χ1v) is 9.90. The van der Waals surface area contributed by atoms with Crippen molar-refractivity contribution >= 4 is 34.3 Å². The van der Waals surface area contributed by atoms with Gasteiger partial charge in [-0.2, -0.15) is 0 Å². The Morgan fingerprint density at radius 3 is 2.69 bits per heavy atom. The van der Waals surface area contributed by atoms with E-state index in [2.05, 4.69) is 20.8 Å². The van der Waals surface area contributed by atoms with Crippen LogP contribution in [0.15, 0.2) is 41.8 Å². The van der Waals surface area contributed by atoms with E-state index in [-0.39, 0.29) is 35.0 Å². The molecule has 1 N–H and O–H groups in total. The molecule has 3 rings (SSSR count). The lowest BCUT2D eigenvalue weighted by Crippen LogP contribution is -2.65. The van der Waals surface area contributed by atoms with Gasteiger partial charge in [-0.15, -0.1) is 16.0 Å². The Labute approximate surface area is 163 Å². The van der Waals surface area contributed by atoms with Crippen LogP contribution < -0.4 is 0 Å². The number of thiocarbonyl (C=S) groups is 1. The van der Waals surface area contributed by atoms with Crippen molar-refractivity contribution in [3.63, 3.8) is 0 Å². The number of hydrogen-bond acceptors (Lipinski definition) is 5. The third-order valence-corrected chi connectivity index (χ3v) is 6.17. The topological polar surface area (TPSA) is 46.5 Å². The Morgan fingerprint density at radius 1 is 1.31 bits per heavy atom. The highest BCUT2D eigenvalue weighted by atomic mass is 32.1. The standard InChI is InChI=1S/C20H24NO3S2/c1-20(2,3)17-12-24-13-18(25)21(17,23)11-14-7-4-5-8-15(14)19(22)16-9-6-10-26-16/h4-10,17,23H,11-13H2,1-3H3/q+1. The third kappa shape index (κ3) is 3.66. The van der Waals surface area contributed by atoms with Gasteiger partial charge in [0.1, 0.15) is 19.8 Å². The van der Waals surface area contributed by atoms with Crippen LogP contribution in [0.5, 0.6) is 0 Å². The lowest BCUT2D eigenvalue weighted by atomic mass is 9.84. The molecular formula is C20H24NO3S2+. The lowest BCUT2D eigenvalue weighted by Gasteiger charge is -2.45. The van der Waals surface area contributed by atoms with Crippen molar-refractivity contribution in [3.8, 4) is 0 Å². The van der Waals surface area contributed by atoms with E-state index >= 15 is 0 Å². The summed E-state index contributed by atoms with van der Waals surface area (Å²) in [6.45, 7) is 7.15. The number of benzene rings is 1. The molecule has 0 saturated carbocycles. The van der Waals surface area contributed by atoms with Crippen LogP contribution in [0.4, 0.5) is 0 Å². The van der Waals surface area contributed by atoms with E-state index in [9.17, 15) is 10.0 Å². The average Bonchev–Trinajstić information content (AvgIpc) is 3.11. The van der Waals surface area contributed by atoms with E-state index in [4.69, 9.17) is 17.0 Å². The number of thiophene rings is 1. The number of quaternary nitrogens is 1. The molecule has 1 aliphatic heterocycles. The van der Waals surface area contributed by atoms with Gasteiger partial charge in [0.25, 0.3) is 0 Å². The Bertz CT molecular complexity index is 811. The van der Waals surface area contributed by atoms with Gasteiger partial charge in [0.15, 0.2) is 6.04 Å². The molecule has 2 aromatic rings. The molecule has 138 valence electrons. The molecule has 0 radical (unpaired) electrons. The van der Waals surface area contributed by atoms with Gasteiger partial charge in [-0.05, 0) is 23.7 Å². The number of nitrogens with zero attached hydrogens (tertiary/aromatic N) is 1. The highest BCUT2D eigenvalue weighted by Crippen LogP contribution is 2.35. The molecular weight excluding hydrogens is 366 g/mol. The fraction of sp³-hybridized carbons (Fsp3) is 0.400. The van der Waals surface area contributed by atoms with Crippen molar-refractivity contribution in [1.82, 2.24) is 0 Å². The van der Waals surface area contributed by atoms with Gasteiger partial charge in [-0.1, -0.05) is 51.1 Å². The number of hydrogen-bond donors (Lipinski definition) is 1. The Hall–Kier alpha value is -1.44.